The molecule has 2 aliphatic rings. The Balaban J connectivity index is 1.25. The van der Waals surface area contributed by atoms with Crippen LogP contribution in [-0.4, -0.2) is 65.0 Å². The van der Waals surface area contributed by atoms with Gasteiger partial charge in [-0.15, -0.1) is 0 Å². The van der Waals surface area contributed by atoms with Crippen molar-refractivity contribution in [2.45, 2.75) is 44.8 Å². The summed E-state index contributed by atoms with van der Waals surface area (Å²) in [5.74, 6) is 1.62. The Morgan fingerprint density at radius 3 is 2.67 bits per heavy atom. The van der Waals surface area contributed by atoms with Crippen molar-refractivity contribution in [1.29, 1.82) is 0 Å². The molecule has 0 amide bonds. The molecular weight excluding hydrogens is 420 g/mol. The van der Waals surface area contributed by atoms with Crippen LogP contribution in [0.4, 0.5) is 11.5 Å². The third-order valence-electron chi connectivity index (χ3n) is 6.13. The van der Waals surface area contributed by atoms with Crippen LogP contribution in [0.5, 0.6) is 11.8 Å². The number of morpholine rings is 1. The van der Waals surface area contributed by atoms with Crippen LogP contribution in [0.3, 0.4) is 0 Å². The fourth-order valence-electron chi connectivity index (χ4n) is 4.46. The van der Waals surface area contributed by atoms with Gasteiger partial charge in [-0.05, 0) is 44.7 Å². The van der Waals surface area contributed by atoms with Gasteiger partial charge in [-0.2, -0.15) is 4.98 Å². The minimum absolute atomic E-state index is 0.151. The molecule has 0 unspecified atom stereocenters. The average molecular weight is 451 g/mol. The Morgan fingerprint density at radius 2 is 1.85 bits per heavy atom. The summed E-state index contributed by atoms with van der Waals surface area (Å²) in [6.07, 6.45) is 9.27. The van der Waals surface area contributed by atoms with Crippen molar-refractivity contribution >= 4 is 22.5 Å². The van der Waals surface area contributed by atoms with Crippen molar-refractivity contribution in [3.05, 3.63) is 36.8 Å². The molecule has 0 bridgehead atoms. The summed E-state index contributed by atoms with van der Waals surface area (Å²) >= 11 is 0. The van der Waals surface area contributed by atoms with Crippen molar-refractivity contribution < 1.29 is 14.2 Å². The maximum absolute atomic E-state index is 6.52. The number of rotatable bonds is 7. The lowest BCUT2D eigenvalue weighted by molar-refractivity contribution is 0.122. The van der Waals surface area contributed by atoms with E-state index in [2.05, 4.69) is 42.3 Å². The van der Waals surface area contributed by atoms with Crippen molar-refractivity contribution in [2.75, 3.05) is 43.1 Å². The van der Waals surface area contributed by atoms with E-state index in [1.54, 1.807) is 18.6 Å². The predicted octanol–water partition coefficient (Wildman–Crippen LogP) is 3.46. The van der Waals surface area contributed by atoms with E-state index in [1.165, 1.54) is 0 Å². The van der Waals surface area contributed by atoms with Crippen molar-refractivity contribution in [1.82, 2.24) is 19.9 Å². The zero-order valence-electron chi connectivity index (χ0n) is 18.9. The first-order chi connectivity index (χ1) is 16.3. The highest BCUT2D eigenvalue weighted by atomic mass is 16.5. The molecule has 3 aromatic rings. The first-order valence-corrected chi connectivity index (χ1v) is 11.7. The highest BCUT2D eigenvalue weighted by Crippen LogP contribution is 2.33. The number of nitrogens with one attached hydrogen (secondary N) is 1. The third kappa shape index (κ3) is 5.24. The monoisotopic (exact) mass is 450 g/mol. The van der Waals surface area contributed by atoms with Gasteiger partial charge >= 0.3 is 6.01 Å². The van der Waals surface area contributed by atoms with Gasteiger partial charge in [0.1, 0.15) is 17.1 Å². The van der Waals surface area contributed by atoms with Gasteiger partial charge in [-0.25, -0.2) is 9.97 Å². The van der Waals surface area contributed by atoms with E-state index >= 15 is 0 Å². The summed E-state index contributed by atoms with van der Waals surface area (Å²) in [7, 11) is 0. The second kappa shape index (κ2) is 10.2. The average Bonchev–Trinajstić information content (AvgIpc) is 2.86. The van der Waals surface area contributed by atoms with Crippen LogP contribution in [0.2, 0.25) is 0 Å². The fraction of sp³-hybridized carbons (Fsp3) is 0.500. The van der Waals surface area contributed by atoms with E-state index in [-0.39, 0.29) is 6.10 Å². The molecule has 2 fully saturated rings. The topological polar surface area (TPSA) is 94.5 Å². The van der Waals surface area contributed by atoms with Gasteiger partial charge in [-0.3, -0.25) is 4.98 Å². The van der Waals surface area contributed by atoms with Crippen LogP contribution in [0.25, 0.3) is 11.0 Å². The Morgan fingerprint density at radius 1 is 1.03 bits per heavy atom. The van der Waals surface area contributed by atoms with Crippen molar-refractivity contribution in [2.24, 2.45) is 0 Å². The molecule has 0 spiro atoms. The summed E-state index contributed by atoms with van der Waals surface area (Å²) in [6.45, 7) is 5.70. The number of benzene rings is 1. The predicted molar refractivity (Wildman–Crippen MR) is 126 cm³/mol. The molecule has 1 aliphatic carbocycles. The number of aromatic nitrogens is 4. The summed E-state index contributed by atoms with van der Waals surface area (Å²) in [4.78, 5) is 20.0. The van der Waals surface area contributed by atoms with Gasteiger partial charge < -0.3 is 24.4 Å². The molecule has 2 aromatic heterocycles. The van der Waals surface area contributed by atoms with E-state index in [4.69, 9.17) is 14.2 Å². The molecule has 1 saturated carbocycles. The maximum atomic E-state index is 6.52. The largest absolute Gasteiger partial charge is 0.488 e. The molecular formula is C24H30N6O3. The summed E-state index contributed by atoms with van der Waals surface area (Å²) < 4.78 is 17.4. The Kier molecular flexibility index (Phi) is 6.66. The first-order valence-electron chi connectivity index (χ1n) is 11.7. The lowest BCUT2D eigenvalue weighted by Gasteiger charge is -2.31. The molecule has 33 heavy (non-hydrogen) atoms. The van der Waals surface area contributed by atoms with Crippen LogP contribution in [0, 0.1) is 0 Å². The molecule has 1 N–H and O–H groups in total. The Bertz CT molecular complexity index is 1070. The van der Waals surface area contributed by atoms with Crippen molar-refractivity contribution in [3.8, 4) is 11.8 Å². The van der Waals surface area contributed by atoms with Crippen LogP contribution in [0.15, 0.2) is 36.8 Å². The second-order valence-electron chi connectivity index (χ2n) is 8.36. The maximum Gasteiger partial charge on any atom is 0.318 e. The molecule has 0 atom stereocenters. The summed E-state index contributed by atoms with van der Waals surface area (Å²) in [5.41, 5.74) is 2.80. The minimum atomic E-state index is 0.151. The fourth-order valence-corrected chi connectivity index (χ4v) is 4.46. The van der Waals surface area contributed by atoms with E-state index < -0.39 is 0 Å². The van der Waals surface area contributed by atoms with E-state index in [1.807, 2.05) is 13.0 Å². The SMILES string of the molecule is CCOc1nccc(NC2CCC(Oc3cc(N4CCOCC4)cc4nccnc34)CC2)n1. The quantitative estimate of drug-likeness (QED) is 0.581. The zero-order chi connectivity index (χ0) is 22.5. The molecule has 1 saturated heterocycles. The molecule has 5 rings (SSSR count). The second-order valence-corrected chi connectivity index (χ2v) is 8.36. The summed E-state index contributed by atoms with van der Waals surface area (Å²) in [6, 6.07) is 6.85. The van der Waals surface area contributed by atoms with Crippen LogP contribution in [-0.2, 0) is 4.74 Å². The molecule has 3 heterocycles. The first kappa shape index (κ1) is 21.6. The van der Waals surface area contributed by atoms with Crippen LogP contribution >= 0.6 is 0 Å². The standard InChI is InChI=1S/C24H30N6O3/c1-2-32-24-27-8-7-22(29-24)28-17-3-5-19(6-4-17)33-21-16-18(30-11-13-31-14-12-30)15-20-23(21)26-10-9-25-20/h7-10,15-17,19H,2-6,11-14H2,1H3,(H,27,28,29). The van der Waals surface area contributed by atoms with Crippen LogP contribution in [0.1, 0.15) is 32.6 Å². The van der Waals surface area contributed by atoms with Gasteiger partial charge in [0.15, 0.2) is 0 Å². The Labute approximate surface area is 193 Å². The smallest absolute Gasteiger partial charge is 0.318 e. The molecule has 1 aromatic carbocycles. The van der Waals surface area contributed by atoms with Gasteiger partial charge in [0, 0.05) is 49.5 Å². The van der Waals surface area contributed by atoms with Gasteiger partial charge in [-0.1, -0.05) is 0 Å². The summed E-state index contributed by atoms with van der Waals surface area (Å²) in [5, 5.41) is 3.52. The molecule has 1 aliphatic heterocycles. The zero-order valence-corrected chi connectivity index (χ0v) is 18.9. The number of anilines is 2. The lowest BCUT2D eigenvalue weighted by Crippen LogP contribution is -2.36. The number of hydrogen-bond acceptors (Lipinski definition) is 9. The highest BCUT2D eigenvalue weighted by Gasteiger charge is 2.24. The minimum Gasteiger partial charge on any atom is -0.488 e. The number of nitrogens with zero attached hydrogens (tertiary/aromatic N) is 5. The van der Waals surface area contributed by atoms with Crippen LogP contribution < -0.4 is 19.7 Å². The van der Waals surface area contributed by atoms with E-state index in [0.29, 0.717) is 18.7 Å². The van der Waals surface area contributed by atoms with E-state index in [9.17, 15) is 0 Å². The molecule has 9 heteroatoms. The normalized spacial score (nSPS) is 21.1. The third-order valence-corrected chi connectivity index (χ3v) is 6.13. The van der Waals surface area contributed by atoms with Crippen molar-refractivity contribution in [3.63, 3.8) is 0 Å². The lowest BCUT2D eigenvalue weighted by atomic mass is 9.93. The number of hydrogen-bond donors (Lipinski definition) is 1. The van der Waals surface area contributed by atoms with Gasteiger partial charge in [0.2, 0.25) is 0 Å². The number of fused-ring (bicyclic) bond motifs is 1. The van der Waals surface area contributed by atoms with Gasteiger partial charge in [0.25, 0.3) is 0 Å². The van der Waals surface area contributed by atoms with E-state index in [0.717, 1.165) is 80.3 Å². The molecule has 0 radical (unpaired) electrons. The highest BCUT2D eigenvalue weighted by molar-refractivity contribution is 5.85. The number of ether oxygens (including phenoxy) is 3. The molecule has 174 valence electrons. The molecule has 9 nitrogen and oxygen atoms in total. The van der Waals surface area contributed by atoms with Gasteiger partial charge in [0.05, 0.1) is 31.4 Å². The Hall–Kier alpha value is -3.20.